The van der Waals surface area contributed by atoms with Gasteiger partial charge in [-0.15, -0.1) is 0 Å². The van der Waals surface area contributed by atoms with Crippen molar-refractivity contribution in [2.75, 3.05) is 0 Å². The first-order chi connectivity index (χ1) is 6.67. The zero-order chi connectivity index (χ0) is 11.0. The third-order valence-electron chi connectivity index (χ3n) is 2.28. The largest absolute Gasteiger partial charge is 0.508 e. The molecule has 0 aliphatic heterocycles. The summed E-state index contributed by atoms with van der Waals surface area (Å²) in [4.78, 5) is 0. The Morgan fingerprint density at radius 1 is 1.36 bits per heavy atom. The van der Waals surface area contributed by atoms with Gasteiger partial charge in [0.05, 0.1) is 0 Å². The van der Waals surface area contributed by atoms with E-state index in [4.69, 9.17) is 0 Å². The highest BCUT2D eigenvalue weighted by Gasteiger charge is 2.04. The van der Waals surface area contributed by atoms with Gasteiger partial charge < -0.3 is 5.11 Å². The lowest BCUT2D eigenvalue weighted by atomic mass is 9.98. The van der Waals surface area contributed by atoms with Gasteiger partial charge in [0, 0.05) is 5.57 Å². The van der Waals surface area contributed by atoms with E-state index in [0.29, 0.717) is 0 Å². The fourth-order valence-corrected chi connectivity index (χ4v) is 1.48. The summed E-state index contributed by atoms with van der Waals surface area (Å²) in [6.07, 6.45) is 8.29. The molecule has 0 fully saturated rings. The van der Waals surface area contributed by atoms with Crippen molar-refractivity contribution >= 4 is 0 Å². The van der Waals surface area contributed by atoms with E-state index < -0.39 is 0 Å². The van der Waals surface area contributed by atoms with Gasteiger partial charge in [-0.05, 0) is 26.2 Å². The highest BCUT2D eigenvalue weighted by Crippen LogP contribution is 2.21. The van der Waals surface area contributed by atoms with Crippen LogP contribution in [0, 0.1) is 0 Å². The average Bonchev–Trinajstić information content (AvgIpc) is 2.17. The first kappa shape index (κ1) is 13.0. The van der Waals surface area contributed by atoms with Crippen molar-refractivity contribution in [1.82, 2.24) is 0 Å². The highest BCUT2D eigenvalue weighted by molar-refractivity contribution is 5.38. The molecule has 0 spiro atoms. The van der Waals surface area contributed by atoms with E-state index in [1.54, 1.807) is 0 Å². The third kappa shape index (κ3) is 4.31. The van der Waals surface area contributed by atoms with Gasteiger partial charge in [-0.1, -0.05) is 44.6 Å². The number of unbranched alkanes of at least 4 members (excludes halogenated alkanes) is 1. The summed E-state index contributed by atoms with van der Waals surface area (Å²) in [5, 5.41) is 9.44. The monoisotopic (exact) mass is 194 g/mol. The maximum atomic E-state index is 9.44. The second-order valence-corrected chi connectivity index (χ2v) is 3.42. The molecule has 0 aliphatic rings. The van der Waals surface area contributed by atoms with E-state index in [9.17, 15) is 5.11 Å². The van der Waals surface area contributed by atoms with Gasteiger partial charge in [0.25, 0.3) is 0 Å². The standard InChI is InChI=1S/C13H22O/c1-5-8-10-12(7-3)13(9-6-2)11(4)14/h6,9,14H,4-5,7-8,10H2,1-3H3/b9-6-,13-12-. The minimum Gasteiger partial charge on any atom is -0.508 e. The lowest BCUT2D eigenvalue weighted by Crippen LogP contribution is -1.92. The zero-order valence-corrected chi connectivity index (χ0v) is 9.64. The molecule has 0 radical (unpaired) electrons. The van der Waals surface area contributed by atoms with E-state index in [1.807, 2.05) is 19.1 Å². The summed E-state index contributed by atoms with van der Waals surface area (Å²) >= 11 is 0. The second-order valence-electron chi connectivity index (χ2n) is 3.42. The van der Waals surface area contributed by atoms with Crippen molar-refractivity contribution in [3.63, 3.8) is 0 Å². The lowest BCUT2D eigenvalue weighted by molar-refractivity contribution is 0.427. The Balaban J connectivity index is 4.78. The Labute approximate surface area is 87.8 Å². The predicted octanol–water partition coefficient (Wildman–Crippen LogP) is 4.53. The van der Waals surface area contributed by atoms with Gasteiger partial charge in [-0.2, -0.15) is 0 Å². The predicted molar refractivity (Wildman–Crippen MR) is 63.4 cm³/mol. The molecule has 0 saturated carbocycles. The van der Waals surface area contributed by atoms with E-state index in [2.05, 4.69) is 20.4 Å². The number of hydrogen-bond donors (Lipinski definition) is 1. The Kier molecular flexibility index (Phi) is 6.91. The SMILES string of the molecule is C=C(O)C(/C=C\C)=C(/CC)CCCC. The summed E-state index contributed by atoms with van der Waals surface area (Å²) in [6.45, 7) is 9.85. The summed E-state index contributed by atoms with van der Waals surface area (Å²) < 4.78 is 0. The lowest BCUT2D eigenvalue weighted by Gasteiger charge is -2.09. The van der Waals surface area contributed by atoms with Gasteiger partial charge in [0.2, 0.25) is 0 Å². The van der Waals surface area contributed by atoms with Gasteiger partial charge in [0.1, 0.15) is 5.76 Å². The molecule has 0 heterocycles. The molecule has 0 aromatic heterocycles. The van der Waals surface area contributed by atoms with Crippen LogP contribution in [0.2, 0.25) is 0 Å². The van der Waals surface area contributed by atoms with E-state index in [1.165, 1.54) is 18.4 Å². The van der Waals surface area contributed by atoms with Crippen molar-refractivity contribution < 1.29 is 5.11 Å². The first-order valence-electron chi connectivity index (χ1n) is 5.40. The van der Waals surface area contributed by atoms with Crippen LogP contribution < -0.4 is 0 Å². The van der Waals surface area contributed by atoms with Crippen molar-refractivity contribution in [1.29, 1.82) is 0 Å². The fourth-order valence-electron chi connectivity index (χ4n) is 1.48. The molecule has 0 atom stereocenters. The van der Waals surface area contributed by atoms with Crippen LogP contribution in [0.15, 0.2) is 35.6 Å². The summed E-state index contributed by atoms with van der Waals surface area (Å²) in [7, 11) is 0. The Bertz CT molecular complexity index is 234. The molecule has 0 amide bonds. The molecule has 0 bridgehead atoms. The van der Waals surface area contributed by atoms with Gasteiger partial charge in [0.15, 0.2) is 0 Å². The first-order valence-corrected chi connectivity index (χ1v) is 5.40. The van der Waals surface area contributed by atoms with Gasteiger partial charge in [-0.3, -0.25) is 0 Å². The molecule has 0 rings (SSSR count). The van der Waals surface area contributed by atoms with Crippen LogP contribution in [-0.2, 0) is 0 Å². The minimum absolute atomic E-state index is 0.191. The van der Waals surface area contributed by atoms with Crippen molar-refractivity contribution in [2.45, 2.75) is 46.5 Å². The molecule has 14 heavy (non-hydrogen) atoms. The van der Waals surface area contributed by atoms with Crippen LogP contribution in [0.1, 0.15) is 46.5 Å². The number of hydrogen-bond acceptors (Lipinski definition) is 1. The van der Waals surface area contributed by atoms with Crippen LogP contribution in [0.5, 0.6) is 0 Å². The molecular weight excluding hydrogens is 172 g/mol. The second kappa shape index (κ2) is 7.43. The molecule has 0 aromatic carbocycles. The number of aliphatic hydroxyl groups excluding tert-OH is 1. The van der Waals surface area contributed by atoms with E-state index in [-0.39, 0.29) is 5.76 Å². The Hall–Kier alpha value is -0.980. The van der Waals surface area contributed by atoms with E-state index in [0.717, 1.165) is 18.4 Å². The smallest absolute Gasteiger partial charge is 0.115 e. The molecule has 1 nitrogen and oxygen atoms in total. The van der Waals surface area contributed by atoms with Crippen LogP contribution in [0.3, 0.4) is 0 Å². The highest BCUT2D eigenvalue weighted by atomic mass is 16.3. The Morgan fingerprint density at radius 2 is 2.00 bits per heavy atom. The number of allylic oxidation sites excluding steroid dienone is 3. The summed E-state index contributed by atoms with van der Waals surface area (Å²) in [5.74, 6) is 0.191. The van der Waals surface area contributed by atoms with Crippen LogP contribution in [-0.4, -0.2) is 5.11 Å². The fraction of sp³-hybridized carbons (Fsp3) is 0.538. The molecular formula is C13H22O. The van der Waals surface area contributed by atoms with Crippen LogP contribution >= 0.6 is 0 Å². The molecule has 0 unspecified atom stereocenters. The Morgan fingerprint density at radius 3 is 2.36 bits per heavy atom. The molecule has 0 aromatic rings. The number of aliphatic hydroxyl groups is 1. The normalized spacial score (nSPS) is 13.1. The summed E-state index contributed by atoms with van der Waals surface area (Å²) in [6, 6.07) is 0. The number of rotatable bonds is 6. The maximum Gasteiger partial charge on any atom is 0.115 e. The van der Waals surface area contributed by atoms with Gasteiger partial charge in [-0.25, -0.2) is 0 Å². The van der Waals surface area contributed by atoms with E-state index >= 15 is 0 Å². The van der Waals surface area contributed by atoms with Crippen LogP contribution in [0.25, 0.3) is 0 Å². The molecule has 0 saturated heterocycles. The van der Waals surface area contributed by atoms with Crippen molar-refractivity contribution in [3.8, 4) is 0 Å². The zero-order valence-electron chi connectivity index (χ0n) is 9.64. The van der Waals surface area contributed by atoms with Crippen molar-refractivity contribution in [2.24, 2.45) is 0 Å². The molecule has 1 N–H and O–H groups in total. The summed E-state index contributed by atoms with van der Waals surface area (Å²) in [5.41, 5.74) is 2.22. The van der Waals surface area contributed by atoms with Crippen molar-refractivity contribution in [3.05, 3.63) is 35.6 Å². The molecule has 1 heteroatoms. The molecule has 80 valence electrons. The quantitative estimate of drug-likeness (QED) is 0.486. The topological polar surface area (TPSA) is 20.2 Å². The van der Waals surface area contributed by atoms with Gasteiger partial charge >= 0.3 is 0 Å². The minimum atomic E-state index is 0.191. The molecule has 0 aliphatic carbocycles. The van der Waals surface area contributed by atoms with Crippen LogP contribution in [0.4, 0.5) is 0 Å². The average molecular weight is 194 g/mol. The third-order valence-corrected chi connectivity index (χ3v) is 2.28. The maximum absolute atomic E-state index is 9.44.